The molecule has 1 amide bonds. The zero-order chi connectivity index (χ0) is 18.1. The summed E-state index contributed by atoms with van der Waals surface area (Å²) >= 11 is 1.37. The van der Waals surface area contributed by atoms with E-state index in [0.717, 1.165) is 5.56 Å². The highest BCUT2D eigenvalue weighted by molar-refractivity contribution is 7.13. The van der Waals surface area contributed by atoms with Gasteiger partial charge in [-0.05, 0) is 24.6 Å². The molecule has 0 aliphatic carbocycles. The third-order valence-electron chi connectivity index (χ3n) is 4.10. The molecule has 8 nitrogen and oxygen atoms in total. The predicted octanol–water partition coefficient (Wildman–Crippen LogP) is 2.67. The Balaban J connectivity index is 1.79. The lowest BCUT2D eigenvalue weighted by atomic mass is 9.95. The van der Waals surface area contributed by atoms with Crippen molar-refractivity contribution in [2.45, 2.75) is 13.0 Å². The van der Waals surface area contributed by atoms with E-state index in [0.29, 0.717) is 28.1 Å². The maximum atomic E-state index is 13.0. The third kappa shape index (κ3) is 2.82. The molecule has 0 saturated carbocycles. The quantitative estimate of drug-likeness (QED) is 0.735. The van der Waals surface area contributed by atoms with Crippen molar-refractivity contribution in [1.82, 2.24) is 19.7 Å². The number of benzene rings is 1. The van der Waals surface area contributed by atoms with E-state index < -0.39 is 6.04 Å². The fourth-order valence-electron chi connectivity index (χ4n) is 2.95. The molecule has 1 aliphatic rings. The van der Waals surface area contributed by atoms with Crippen molar-refractivity contribution < 1.29 is 9.53 Å². The summed E-state index contributed by atoms with van der Waals surface area (Å²) in [4.78, 5) is 21.4. The third-order valence-corrected chi connectivity index (χ3v) is 4.79. The van der Waals surface area contributed by atoms with E-state index in [2.05, 4.69) is 25.7 Å². The molecule has 0 saturated heterocycles. The first kappa shape index (κ1) is 16.3. The molecule has 3 aromatic rings. The van der Waals surface area contributed by atoms with E-state index in [1.54, 1.807) is 18.0 Å². The number of hydrogen-bond acceptors (Lipinski definition) is 7. The summed E-state index contributed by atoms with van der Waals surface area (Å²) in [6, 6.07) is 7.15. The van der Waals surface area contributed by atoms with Crippen molar-refractivity contribution >= 4 is 28.3 Å². The number of nitrogens with one attached hydrogen (secondary N) is 2. The summed E-state index contributed by atoms with van der Waals surface area (Å²) in [6.45, 7) is 1.85. The van der Waals surface area contributed by atoms with Gasteiger partial charge in [0, 0.05) is 17.3 Å². The molecule has 4 rings (SSSR count). The minimum atomic E-state index is -0.427. The van der Waals surface area contributed by atoms with E-state index in [1.165, 1.54) is 17.7 Å². The van der Waals surface area contributed by atoms with Gasteiger partial charge in [-0.2, -0.15) is 10.1 Å². The highest BCUT2D eigenvalue weighted by atomic mass is 32.1. The molecular weight excluding hydrogens is 352 g/mol. The fraction of sp³-hybridized carbons (Fsp3) is 0.176. The lowest BCUT2D eigenvalue weighted by Crippen LogP contribution is -2.31. The number of nitrogens with zero attached hydrogens (tertiary/aromatic N) is 4. The maximum absolute atomic E-state index is 13.0. The van der Waals surface area contributed by atoms with E-state index >= 15 is 0 Å². The minimum absolute atomic E-state index is 0.237. The Labute approximate surface area is 153 Å². The first-order chi connectivity index (χ1) is 12.7. The van der Waals surface area contributed by atoms with E-state index in [9.17, 15) is 4.79 Å². The van der Waals surface area contributed by atoms with Gasteiger partial charge < -0.3 is 10.1 Å². The normalized spacial score (nSPS) is 16.0. The van der Waals surface area contributed by atoms with Crippen LogP contribution >= 0.6 is 11.3 Å². The number of anilines is 2. The Kier molecular flexibility index (Phi) is 4.13. The zero-order valence-corrected chi connectivity index (χ0v) is 14.9. The molecule has 1 aliphatic heterocycles. The number of fused-ring (bicyclic) bond motifs is 1. The number of hydrogen-bond donors (Lipinski definition) is 2. The number of methoxy groups -OCH3 is 1. The molecule has 0 unspecified atom stereocenters. The molecule has 1 aromatic carbocycles. The van der Waals surface area contributed by atoms with Crippen LogP contribution in [-0.2, 0) is 4.79 Å². The summed E-state index contributed by atoms with van der Waals surface area (Å²) in [5, 5.41) is 12.7. The molecule has 132 valence electrons. The SMILES string of the molecule is COc1cccc([C@H]2C(C(=O)Nc3nccs3)=C(C)Nc3ncnn32)c1. The number of ether oxygens (including phenoxy) is 1. The van der Waals surface area contributed by atoms with Crippen molar-refractivity contribution in [3.05, 3.63) is 59.0 Å². The Bertz CT molecular complexity index is 979. The Morgan fingerprint density at radius 3 is 3.04 bits per heavy atom. The number of allylic oxidation sites excluding steroid dienone is 1. The van der Waals surface area contributed by atoms with Crippen LogP contribution < -0.4 is 15.4 Å². The maximum Gasteiger partial charge on any atom is 0.257 e. The monoisotopic (exact) mass is 368 g/mol. The number of rotatable bonds is 4. The van der Waals surface area contributed by atoms with Crippen LogP contribution in [0.15, 0.2) is 53.4 Å². The largest absolute Gasteiger partial charge is 0.497 e. The van der Waals surface area contributed by atoms with Crippen molar-refractivity contribution in [1.29, 1.82) is 0 Å². The lowest BCUT2D eigenvalue weighted by molar-refractivity contribution is -0.113. The van der Waals surface area contributed by atoms with Crippen molar-refractivity contribution in [3.63, 3.8) is 0 Å². The average Bonchev–Trinajstić information content (AvgIpc) is 3.32. The topological polar surface area (TPSA) is 94.0 Å². The number of carbonyl (C=O) groups is 1. The van der Waals surface area contributed by atoms with E-state index in [-0.39, 0.29) is 5.91 Å². The van der Waals surface area contributed by atoms with Gasteiger partial charge in [0.05, 0.1) is 12.7 Å². The number of aromatic nitrogens is 4. The molecule has 9 heteroatoms. The van der Waals surface area contributed by atoms with Crippen LogP contribution in [-0.4, -0.2) is 32.8 Å². The van der Waals surface area contributed by atoms with Crippen LogP contribution in [0.5, 0.6) is 5.75 Å². The molecule has 0 bridgehead atoms. The smallest absolute Gasteiger partial charge is 0.257 e. The first-order valence-corrected chi connectivity index (χ1v) is 8.77. The molecule has 0 fully saturated rings. The second kappa shape index (κ2) is 6.60. The predicted molar refractivity (Wildman–Crippen MR) is 98.2 cm³/mol. The van der Waals surface area contributed by atoms with Gasteiger partial charge in [-0.1, -0.05) is 12.1 Å². The standard InChI is InChI=1S/C17H16N6O2S/c1-10-13(15(24)22-17-18-6-7-26-17)14(23-16(21-10)19-9-20-23)11-4-3-5-12(8-11)25-2/h3-9,14H,1-2H3,(H,18,22,24)(H,19,20,21)/t14-/m0/s1. The van der Waals surface area contributed by atoms with Crippen molar-refractivity contribution in [2.24, 2.45) is 0 Å². The van der Waals surface area contributed by atoms with E-state index in [1.807, 2.05) is 36.6 Å². The second-order valence-electron chi connectivity index (χ2n) is 5.66. The van der Waals surface area contributed by atoms with Crippen LogP contribution in [0.2, 0.25) is 0 Å². The van der Waals surface area contributed by atoms with Crippen LogP contribution in [0.25, 0.3) is 0 Å². The molecule has 2 N–H and O–H groups in total. The van der Waals surface area contributed by atoms with Crippen LogP contribution in [0.1, 0.15) is 18.5 Å². The summed E-state index contributed by atoms with van der Waals surface area (Å²) < 4.78 is 7.03. The van der Waals surface area contributed by atoms with Gasteiger partial charge in [0.25, 0.3) is 5.91 Å². The summed E-state index contributed by atoms with van der Waals surface area (Å²) in [5.41, 5.74) is 2.14. The molecule has 1 atom stereocenters. The Morgan fingerprint density at radius 2 is 2.27 bits per heavy atom. The highest BCUT2D eigenvalue weighted by Crippen LogP contribution is 2.36. The number of carbonyl (C=O) groups excluding carboxylic acids is 1. The highest BCUT2D eigenvalue weighted by Gasteiger charge is 2.33. The van der Waals surface area contributed by atoms with Gasteiger partial charge in [0.2, 0.25) is 5.95 Å². The second-order valence-corrected chi connectivity index (χ2v) is 6.56. The van der Waals surface area contributed by atoms with Crippen LogP contribution in [0, 0.1) is 0 Å². The average molecular weight is 368 g/mol. The summed E-state index contributed by atoms with van der Waals surface area (Å²) in [6.07, 6.45) is 3.11. The molecule has 2 aromatic heterocycles. The van der Waals surface area contributed by atoms with Gasteiger partial charge in [-0.25, -0.2) is 9.67 Å². The van der Waals surface area contributed by atoms with Crippen molar-refractivity contribution in [2.75, 3.05) is 17.7 Å². The van der Waals surface area contributed by atoms with E-state index in [4.69, 9.17) is 4.74 Å². The molecule has 3 heterocycles. The summed E-state index contributed by atoms with van der Waals surface area (Å²) in [7, 11) is 1.61. The van der Waals surface area contributed by atoms with Crippen LogP contribution in [0.4, 0.5) is 11.1 Å². The number of thiazole rings is 1. The van der Waals surface area contributed by atoms with Gasteiger partial charge in [0.15, 0.2) is 5.13 Å². The molecule has 0 radical (unpaired) electrons. The first-order valence-electron chi connectivity index (χ1n) is 7.89. The van der Waals surface area contributed by atoms with Gasteiger partial charge in [0.1, 0.15) is 18.1 Å². The Morgan fingerprint density at radius 1 is 1.38 bits per heavy atom. The molecular formula is C17H16N6O2S. The number of amides is 1. The van der Waals surface area contributed by atoms with Gasteiger partial charge >= 0.3 is 0 Å². The molecule has 26 heavy (non-hydrogen) atoms. The van der Waals surface area contributed by atoms with Crippen molar-refractivity contribution in [3.8, 4) is 5.75 Å². The van der Waals surface area contributed by atoms with Gasteiger partial charge in [-0.15, -0.1) is 11.3 Å². The molecule has 0 spiro atoms. The van der Waals surface area contributed by atoms with Gasteiger partial charge in [-0.3, -0.25) is 10.1 Å². The van der Waals surface area contributed by atoms with Crippen LogP contribution in [0.3, 0.4) is 0 Å². The lowest BCUT2D eigenvalue weighted by Gasteiger charge is -2.28. The minimum Gasteiger partial charge on any atom is -0.497 e. The zero-order valence-electron chi connectivity index (χ0n) is 14.1. The fourth-order valence-corrected chi connectivity index (χ4v) is 3.48. The summed E-state index contributed by atoms with van der Waals surface area (Å²) in [5.74, 6) is 1.06. The Hall–Kier alpha value is -3.20.